The minimum absolute atomic E-state index is 0.471. The van der Waals surface area contributed by atoms with Gasteiger partial charge in [-0.1, -0.05) is 44.4 Å². The second-order valence-electron chi connectivity index (χ2n) is 5.32. The zero-order valence-electron chi connectivity index (χ0n) is 12.3. The summed E-state index contributed by atoms with van der Waals surface area (Å²) in [7, 11) is 0. The van der Waals surface area contributed by atoms with Gasteiger partial charge >= 0.3 is 0 Å². The minimum atomic E-state index is 0.471. The zero-order chi connectivity index (χ0) is 13.7. The van der Waals surface area contributed by atoms with Gasteiger partial charge in [0.1, 0.15) is 0 Å². The fraction of sp³-hybridized carbons (Fsp3) is 0.529. The van der Waals surface area contributed by atoms with Crippen molar-refractivity contribution in [2.75, 3.05) is 6.54 Å². The van der Waals surface area contributed by atoms with Gasteiger partial charge in [-0.3, -0.25) is 0 Å². The topological polar surface area (TPSA) is 12.0 Å². The van der Waals surface area contributed by atoms with Crippen LogP contribution in [-0.4, -0.2) is 6.54 Å². The Hall–Kier alpha value is -0.860. The molecule has 0 fully saturated rings. The molecule has 2 heteroatoms. The summed E-state index contributed by atoms with van der Waals surface area (Å²) >= 11 is 1.94. The number of unbranched alkanes of at least 4 members (excludes halogenated alkanes) is 3. The Morgan fingerprint density at radius 1 is 1.16 bits per heavy atom. The molecule has 19 heavy (non-hydrogen) atoms. The first kappa shape index (κ1) is 14.5. The summed E-state index contributed by atoms with van der Waals surface area (Å²) in [5, 5.41) is 5.09. The molecule has 0 bridgehead atoms. The Balaban J connectivity index is 1.97. The second-order valence-corrected chi connectivity index (χ2v) is 6.41. The average molecular weight is 275 g/mol. The predicted octanol–water partition coefficient (Wildman–Crippen LogP) is 5.44. The number of benzene rings is 1. The molecule has 0 saturated carbocycles. The maximum Gasteiger partial charge on any atom is 0.0389 e. The van der Waals surface area contributed by atoms with Gasteiger partial charge < -0.3 is 5.32 Å². The van der Waals surface area contributed by atoms with Crippen molar-refractivity contribution in [2.45, 2.75) is 52.5 Å². The number of aryl methyl sites for hydroxylation is 1. The molecule has 1 heterocycles. The Morgan fingerprint density at radius 3 is 2.68 bits per heavy atom. The van der Waals surface area contributed by atoms with Gasteiger partial charge in [-0.15, -0.1) is 11.3 Å². The molecule has 1 aromatic heterocycles. The molecule has 2 rings (SSSR count). The average Bonchev–Trinajstić information content (AvgIpc) is 2.76. The minimum Gasteiger partial charge on any atom is -0.309 e. The van der Waals surface area contributed by atoms with Crippen molar-refractivity contribution in [1.29, 1.82) is 0 Å². The third kappa shape index (κ3) is 3.58. The number of fused-ring (bicyclic) bond motifs is 1. The summed E-state index contributed by atoms with van der Waals surface area (Å²) in [5.41, 5.74) is 1.45. The Labute approximate surface area is 121 Å². The van der Waals surface area contributed by atoms with Crippen molar-refractivity contribution < 1.29 is 0 Å². The van der Waals surface area contributed by atoms with E-state index in [-0.39, 0.29) is 0 Å². The molecule has 0 amide bonds. The molecule has 0 saturated heterocycles. The molecule has 1 N–H and O–H groups in total. The van der Waals surface area contributed by atoms with Crippen LogP contribution in [0, 0.1) is 6.92 Å². The summed E-state index contributed by atoms with van der Waals surface area (Å²) in [6, 6.07) is 9.20. The lowest BCUT2D eigenvalue weighted by Crippen LogP contribution is -2.19. The molecule has 0 aliphatic rings. The Bertz CT molecular complexity index is 515. The third-order valence-electron chi connectivity index (χ3n) is 3.75. The van der Waals surface area contributed by atoms with E-state index in [4.69, 9.17) is 0 Å². The quantitative estimate of drug-likeness (QED) is 0.663. The molecular formula is C17H25NS. The van der Waals surface area contributed by atoms with Crippen molar-refractivity contribution in [3.63, 3.8) is 0 Å². The summed E-state index contributed by atoms with van der Waals surface area (Å²) in [5.74, 6) is 0. The van der Waals surface area contributed by atoms with Crippen LogP contribution in [0.1, 0.15) is 56.0 Å². The fourth-order valence-corrected chi connectivity index (χ4v) is 3.81. The molecule has 1 unspecified atom stereocenters. The molecule has 0 radical (unpaired) electrons. The highest BCUT2D eigenvalue weighted by molar-refractivity contribution is 7.19. The highest BCUT2D eigenvalue weighted by Gasteiger charge is 2.13. The first-order valence-electron chi connectivity index (χ1n) is 7.45. The summed E-state index contributed by atoms with van der Waals surface area (Å²) in [6.07, 6.45) is 5.31. The van der Waals surface area contributed by atoms with Crippen molar-refractivity contribution in [1.82, 2.24) is 5.32 Å². The monoisotopic (exact) mass is 275 g/mol. The SMILES string of the molecule is CCCCCCNC(C)c1sc2ccccc2c1C. The standard InChI is InChI=1S/C17H25NS/c1-4-5-6-9-12-18-14(3)17-13(2)15-10-7-8-11-16(15)19-17/h7-8,10-11,14,18H,4-6,9,12H2,1-3H3. The molecular weight excluding hydrogens is 250 g/mol. The first-order valence-corrected chi connectivity index (χ1v) is 8.27. The van der Waals surface area contributed by atoms with E-state index in [1.54, 1.807) is 0 Å². The van der Waals surface area contributed by atoms with Gasteiger partial charge in [0.15, 0.2) is 0 Å². The largest absolute Gasteiger partial charge is 0.309 e. The normalized spacial score (nSPS) is 13.0. The van der Waals surface area contributed by atoms with E-state index in [9.17, 15) is 0 Å². The molecule has 2 aromatic rings. The molecule has 1 aromatic carbocycles. The summed E-state index contributed by atoms with van der Waals surface area (Å²) in [6.45, 7) is 7.94. The van der Waals surface area contributed by atoms with Crippen LogP contribution in [0.25, 0.3) is 10.1 Å². The van der Waals surface area contributed by atoms with E-state index >= 15 is 0 Å². The van der Waals surface area contributed by atoms with E-state index in [0.29, 0.717) is 6.04 Å². The van der Waals surface area contributed by atoms with Gasteiger partial charge in [0.05, 0.1) is 0 Å². The van der Waals surface area contributed by atoms with Crippen LogP contribution < -0.4 is 5.32 Å². The van der Waals surface area contributed by atoms with Crippen molar-refractivity contribution in [3.05, 3.63) is 34.7 Å². The number of hydrogen-bond acceptors (Lipinski definition) is 2. The number of thiophene rings is 1. The lowest BCUT2D eigenvalue weighted by molar-refractivity contribution is 0.540. The van der Waals surface area contributed by atoms with Crippen molar-refractivity contribution >= 4 is 21.4 Å². The highest BCUT2D eigenvalue weighted by Crippen LogP contribution is 2.34. The number of rotatable bonds is 7. The third-order valence-corrected chi connectivity index (χ3v) is 5.21. The van der Waals surface area contributed by atoms with Gasteiger partial charge in [0, 0.05) is 15.6 Å². The molecule has 1 nitrogen and oxygen atoms in total. The second kappa shape index (κ2) is 7.06. The van der Waals surface area contributed by atoms with Gasteiger partial charge in [-0.05, 0) is 43.8 Å². The maximum absolute atomic E-state index is 3.67. The van der Waals surface area contributed by atoms with Crippen LogP contribution in [-0.2, 0) is 0 Å². The van der Waals surface area contributed by atoms with Crippen LogP contribution in [0.15, 0.2) is 24.3 Å². The van der Waals surface area contributed by atoms with Gasteiger partial charge in [-0.2, -0.15) is 0 Å². The number of nitrogens with one attached hydrogen (secondary N) is 1. The Kier molecular flexibility index (Phi) is 5.41. The fourth-order valence-electron chi connectivity index (χ4n) is 2.57. The van der Waals surface area contributed by atoms with Crippen LogP contribution in [0.2, 0.25) is 0 Å². The van der Waals surface area contributed by atoms with E-state index in [1.807, 2.05) is 11.3 Å². The van der Waals surface area contributed by atoms with E-state index in [2.05, 4.69) is 50.4 Å². The van der Waals surface area contributed by atoms with Gasteiger partial charge in [0.25, 0.3) is 0 Å². The molecule has 0 aliphatic heterocycles. The molecule has 104 valence electrons. The van der Waals surface area contributed by atoms with Gasteiger partial charge in [0.2, 0.25) is 0 Å². The van der Waals surface area contributed by atoms with Crippen LogP contribution in [0.4, 0.5) is 0 Å². The zero-order valence-corrected chi connectivity index (χ0v) is 13.1. The molecule has 1 atom stereocenters. The maximum atomic E-state index is 3.67. The smallest absolute Gasteiger partial charge is 0.0389 e. The predicted molar refractivity (Wildman–Crippen MR) is 87.1 cm³/mol. The van der Waals surface area contributed by atoms with Gasteiger partial charge in [-0.25, -0.2) is 0 Å². The van der Waals surface area contributed by atoms with Crippen LogP contribution >= 0.6 is 11.3 Å². The van der Waals surface area contributed by atoms with Crippen molar-refractivity contribution in [3.8, 4) is 0 Å². The molecule has 0 aliphatic carbocycles. The lowest BCUT2D eigenvalue weighted by atomic mass is 10.1. The highest BCUT2D eigenvalue weighted by atomic mass is 32.1. The first-order chi connectivity index (χ1) is 9.24. The van der Waals surface area contributed by atoms with E-state index in [0.717, 1.165) is 6.54 Å². The lowest BCUT2D eigenvalue weighted by Gasteiger charge is -2.13. The molecule has 0 spiro atoms. The van der Waals surface area contributed by atoms with E-state index < -0.39 is 0 Å². The Morgan fingerprint density at radius 2 is 1.95 bits per heavy atom. The number of hydrogen-bond donors (Lipinski definition) is 1. The van der Waals surface area contributed by atoms with E-state index in [1.165, 1.54) is 46.2 Å². The van der Waals surface area contributed by atoms with Crippen LogP contribution in [0.3, 0.4) is 0 Å². The summed E-state index contributed by atoms with van der Waals surface area (Å²) < 4.78 is 1.41. The summed E-state index contributed by atoms with van der Waals surface area (Å²) in [4.78, 5) is 1.50. The van der Waals surface area contributed by atoms with Crippen LogP contribution in [0.5, 0.6) is 0 Å². The van der Waals surface area contributed by atoms with Crippen molar-refractivity contribution in [2.24, 2.45) is 0 Å².